The Morgan fingerprint density at radius 3 is 2.48 bits per heavy atom. The first-order valence-corrected chi connectivity index (χ1v) is 9.31. The quantitative estimate of drug-likeness (QED) is 0.890. The van der Waals surface area contributed by atoms with E-state index >= 15 is 0 Å². The summed E-state index contributed by atoms with van der Waals surface area (Å²) in [7, 11) is -3.40. The third-order valence-electron chi connectivity index (χ3n) is 5.87. The van der Waals surface area contributed by atoms with Crippen LogP contribution < -0.4 is 10.5 Å². The van der Waals surface area contributed by atoms with Crippen LogP contribution in [0.25, 0.3) is 0 Å². The van der Waals surface area contributed by atoms with Gasteiger partial charge in [-0.1, -0.05) is 6.07 Å². The molecule has 0 aromatic heterocycles. The van der Waals surface area contributed by atoms with E-state index in [0.29, 0.717) is 23.3 Å². The minimum atomic E-state index is -3.40. The predicted octanol–water partition coefficient (Wildman–Crippen LogP) is 1.78. The number of fused-ring (bicyclic) bond motifs is 5. The van der Waals surface area contributed by atoms with Crippen LogP contribution in [0, 0.1) is 30.6 Å². The Morgan fingerprint density at radius 2 is 1.90 bits per heavy atom. The Kier molecular flexibility index (Phi) is 2.97. The lowest BCUT2D eigenvalue weighted by Gasteiger charge is -2.12. The van der Waals surface area contributed by atoms with Crippen molar-refractivity contribution >= 4 is 10.0 Å². The summed E-state index contributed by atoms with van der Waals surface area (Å²) in [4.78, 5) is 0.370. The van der Waals surface area contributed by atoms with Gasteiger partial charge in [0.1, 0.15) is 0 Å². The maximum atomic E-state index is 12.6. The summed E-state index contributed by atoms with van der Waals surface area (Å²) in [6, 6.07) is 5.42. The van der Waals surface area contributed by atoms with Crippen LogP contribution in [-0.2, 0) is 16.6 Å². The van der Waals surface area contributed by atoms with Crippen molar-refractivity contribution in [2.24, 2.45) is 29.4 Å². The number of benzene rings is 1. The van der Waals surface area contributed by atoms with Crippen LogP contribution in [0.15, 0.2) is 23.1 Å². The molecule has 0 aliphatic heterocycles. The Hall–Kier alpha value is -0.910. The molecular formula is C16H22N2O2S. The van der Waals surface area contributed by atoms with Gasteiger partial charge >= 0.3 is 0 Å². The molecule has 3 fully saturated rings. The van der Waals surface area contributed by atoms with Crippen LogP contribution in [-0.4, -0.2) is 14.5 Å². The minimum absolute atomic E-state index is 0.191. The Bertz CT molecular complexity index is 670. The lowest BCUT2D eigenvalue weighted by atomic mass is 10.0. The Balaban J connectivity index is 1.54. The lowest BCUT2D eigenvalue weighted by Crippen LogP contribution is -2.30. The molecule has 21 heavy (non-hydrogen) atoms. The van der Waals surface area contributed by atoms with E-state index in [1.54, 1.807) is 12.1 Å². The van der Waals surface area contributed by atoms with Crippen molar-refractivity contribution in [3.8, 4) is 0 Å². The van der Waals surface area contributed by atoms with Gasteiger partial charge in [-0.25, -0.2) is 13.1 Å². The molecule has 2 bridgehead atoms. The highest BCUT2D eigenvalue weighted by Crippen LogP contribution is 2.65. The summed E-state index contributed by atoms with van der Waals surface area (Å²) in [5, 5.41) is 0. The maximum absolute atomic E-state index is 12.6. The topological polar surface area (TPSA) is 72.2 Å². The molecule has 4 nitrogen and oxygen atoms in total. The third-order valence-corrected chi connectivity index (χ3v) is 7.33. The second-order valence-corrected chi connectivity index (χ2v) is 8.64. The van der Waals surface area contributed by atoms with E-state index in [9.17, 15) is 8.42 Å². The van der Waals surface area contributed by atoms with Crippen LogP contribution in [0.2, 0.25) is 0 Å². The molecule has 4 atom stereocenters. The number of rotatable bonds is 4. The molecule has 3 N–H and O–H groups in total. The minimum Gasteiger partial charge on any atom is -0.326 e. The van der Waals surface area contributed by atoms with E-state index in [2.05, 4.69) is 4.72 Å². The monoisotopic (exact) mass is 306 g/mol. The zero-order chi connectivity index (χ0) is 14.8. The van der Waals surface area contributed by atoms with Gasteiger partial charge in [0.25, 0.3) is 0 Å². The van der Waals surface area contributed by atoms with Gasteiger partial charge in [0, 0.05) is 12.6 Å². The third kappa shape index (κ3) is 2.05. The molecule has 3 aliphatic rings. The molecule has 5 heteroatoms. The summed E-state index contributed by atoms with van der Waals surface area (Å²) < 4.78 is 28.1. The summed E-state index contributed by atoms with van der Waals surface area (Å²) >= 11 is 0. The second-order valence-electron chi connectivity index (χ2n) is 6.93. The Morgan fingerprint density at radius 1 is 1.24 bits per heavy atom. The lowest BCUT2D eigenvalue weighted by molar-refractivity contribution is 0.456. The van der Waals surface area contributed by atoms with Crippen molar-refractivity contribution in [2.75, 3.05) is 0 Å². The fraction of sp³-hybridized carbons (Fsp3) is 0.625. The molecule has 1 aromatic rings. The van der Waals surface area contributed by atoms with Crippen LogP contribution >= 0.6 is 0 Å². The van der Waals surface area contributed by atoms with E-state index < -0.39 is 10.0 Å². The van der Waals surface area contributed by atoms with Crippen molar-refractivity contribution in [3.05, 3.63) is 29.3 Å². The van der Waals surface area contributed by atoms with Crippen molar-refractivity contribution in [1.82, 2.24) is 4.72 Å². The largest absolute Gasteiger partial charge is 0.326 e. The van der Waals surface area contributed by atoms with Crippen molar-refractivity contribution < 1.29 is 8.42 Å². The summed E-state index contributed by atoms with van der Waals surface area (Å²) in [6.45, 7) is 2.35. The molecule has 4 rings (SSSR count). The molecule has 0 radical (unpaired) electrons. The molecule has 1 aromatic carbocycles. The maximum Gasteiger partial charge on any atom is 0.240 e. The molecule has 4 unspecified atom stereocenters. The molecule has 3 saturated carbocycles. The van der Waals surface area contributed by atoms with Gasteiger partial charge in [-0.15, -0.1) is 0 Å². The first-order valence-electron chi connectivity index (χ1n) is 7.83. The van der Waals surface area contributed by atoms with Crippen molar-refractivity contribution in [2.45, 2.75) is 43.7 Å². The Labute approximate surface area is 126 Å². The van der Waals surface area contributed by atoms with Crippen molar-refractivity contribution in [3.63, 3.8) is 0 Å². The summed E-state index contributed by atoms with van der Waals surface area (Å²) in [5.74, 6) is 2.77. The fourth-order valence-corrected chi connectivity index (χ4v) is 6.18. The van der Waals surface area contributed by atoms with Gasteiger partial charge in [0.2, 0.25) is 10.0 Å². The van der Waals surface area contributed by atoms with E-state index in [1.165, 1.54) is 19.3 Å². The van der Waals surface area contributed by atoms with E-state index in [-0.39, 0.29) is 6.04 Å². The fourth-order valence-electron chi connectivity index (χ4n) is 4.79. The highest BCUT2D eigenvalue weighted by Gasteiger charge is 2.65. The second kappa shape index (κ2) is 4.54. The first kappa shape index (κ1) is 13.7. The predicted molar refractivity (Wildman–Crippen MR) is 81.0 cm³/mol. The van der Waals surface area contributed by atoms with Gasteiger partial charge in [-0.05, 0) is 73.1 Å². The van der Waals surface area contributed by atoms with Gasteiger partial charge in [0.15, 0.2) is 0 Å². The van der Waals surface area contributed by atoms with Crippen LogP contribution in [0.5, 0.6) is 0 Å². The molecular weight excluding hydrogens is 284 g/mol. The van der Waals surface area contributed by atoms with Crippen LogP contribution in [0.3, 0.4) is 0 Å². The average Bonchev–Trinajstić information content (AvgIpc) is 2.85. The molecule has 0 heterocycles. The number of hydrogen-bond acceptors (Lipinski definition) is 3. The van der Waals surface area contributed by atoms with Gasteiger partial charge in [-0.3, -0.25) is 0 Å². The first-order chi connectivity index (χ1) is 10.0. The van der Waals surface area contributed by atoms with E-state index in [0.717, 1.165) is 23.0 Å². The van der Waals surface area contributed by atoms with E-state index in [1.807, 2.05) is 13.0 Å². The normalized spacial score (nSPS) is 36.8. The van der Waals surface area contributed by atoms with Gasteiger partial charge in [-0.2, -0.15) is 0 Å². The summed E-state index contributed by atoms with van der Waals surface area (Å²) in [5.41, 5.74) is 7.57. The zero-order valence-electron chi connectivity index (χ0n) is 12.2. The average molecular weight is 306 g/mol. The zero-order valence-corrected chi connectivity index (χ0v) is 13.1. The van der Waals surface area contributed by atoms with Crippen LogP contribution in [0.1, 0.15) is 30.4 Å². The van der Waals surface area contributed by atoms with Gasteiger partial charge < -0.3 is 5.73 Å². The standard InChI is InChI=1S/C16H22N2O2S/c1-9-6-13(5-4-12(9)8-17)21(19,20)18-16-14-10-2-3-11(7-10)15(14)16/h4-6,10-11,14-16,18H,2-3,7-8,17H2,1H3. The smallest absolute Gasteiger partial charge is 0.240 e. The highest BCUT2D eigenvalue weighted by atomic mass is 32.2. The molecule has 0 amide bonds. The molecule has 114 valence electrons. The molecule has 3 aliphatic carbocycles. The van der Waals surface area contributed by atoms with Crippen molar-refractivity contribution in [1.29, 1.82) is 0 Å². The number of nitrogens with one attached hydrogen (secondary N) is 1. The molecule has 0 spiro atoms. The highest BCUT2D eigenvalue weighted by molar-refractivity contribution is 7.89. The number of sulfonamides is 1. The SMILES string of the molecule is Cc1cc(S(=O)(=O)NC2C3C4CCC(C4)C23)ccc1CN. The number of nitrogens with two attached hydrogens (primary N) is 1. The van der Waals surface area contributed by atoms with Crippen LogP contribution in [0.4, 0.5) is 0 Å². The number of hydrogen-bond donors (Lipinski definition) is 2. The molecule has 0 saturated heterocycles. The summed E-state index contributed by atoms with van der Waals surface area (Å²) in [6.07, 6.45) is 3.93. The van der Waals surface area contributed by atoms with E-state index in [4.69, 9.17) is 5.73 Å². The number of aryl methyl sites for hydroxylation is 1. The van der Waals surface area contributed by atoms with Gasteiger partial charge in [0.05, 0.1) is 4.90 Å².